The quantitative estimate of drug-likeness (QED) is 0.212. The highest BCUT2D eigenvalue weighted by atomic mass is 19.2. The van der Waals surface area contributed by atoms with Crippen molar-refractivity contribution in [3.8, 4) is 29.1 Å². The summed E-state index contributed by atoms with van der Waals surface area (Å²) in [4.78, 5) is 0. The van der Waals surface area contributed by atoms with Gasteiger partial charge in [0.1, 0.15) is 11.6 Å². The lowest BCUT2D eigenvalue weighted by atomic mass is 10.1. The first-order chi connectivity index (χ1) is 16.3. The zero-order chi connectivity index (χ0) is 26.5. The highest BCUT2D eigenvalue weighted by Gasteiger charge is 2.35. The van der Waals surface area contributed by atoms with Crippen molar-refractivity contribution in [2.24, 2.45) is 0 Å². The predicted octanol–water partition coefficient (Wildman–Crippen LogP) is 6.95. The number of hydrogen-bond donors (Lipinski definition) is 0. The second kappa shape index (κ2) is 8.89. The average molecular weight is 521 g/mol. The number of ether oxygens (including phenoxy) is 2. The van der Waals surface area contributed by atoms with Gasteiger partial charge in [-0.25, -0.2) is 30.7 Å². The van der Waals surface area contributed by atoms with Gasteiger partial charge in [-0.2, -0.15) is 31.6 Å². The second-order valence-corrected chi connectivity index (χ2v) is 6.09. The monoisotopic (exact) mass is 521 g/mol. The molecule has 0 aliphatic carbocycles. The topological polar surface area (TPSA) is 42.2 Å². The predicted molar refractivity (Wildman–Crippen MR) is 83.6 cm³/mol. The minimum Gasteiger partial charge on any atom is -0.446 e. The number of halogens is 13. The largest absolute Gasteiger partial charge is 0.446 e. The normalized spacial score (nSPS) is 11.0. The molecule has 0 aliphatic heterocycles. The molecule has 3 nitrogen and oxygen atoms in total. The van der Waals surface area contributed by atoms with E-state index in [2.05, 4.69) is 9.47 Å². The van der Waals surface area contributed by atoms with Crippen molar-refractivity contribution in [2.75, 3.05) is 0 Å². The lowest BCUT2D eigenvalue weighted by Gasteiger charge is -2.16. The lowest BCUT2D eigenvalue weighted by molar-refractivity contribution is 0.300. The molecule has 3 aromatic rings. The van der Waals surface area contributed by atoms with Crippen LogP contribution in [0.2, 0.25) is 0 Å². The molecule has 0 fully saturated rings. The maximum Gasteiger partial charge on any atom is 0.212 e. The van der Waals surface area contributed by atoms with Crippen LogP contribution < -0.4 is 9.47 Å². The first-order valence-corrected chi connectivity index (χ1v) is 8.25. The molecule has 184 valence electrons. The van der Waals surface area contributed by atoms with Gasteiger partial charge in [-0.1, -0.05) is 0 Å². The third-order valence-electron chi connectivity index (χ3n) is 4.10. The molecule has 3 aromatic carbocycles. The molecule has 16 heteroatoms. The van der Waals surface area contributed by atoms with Crippen LogP contribution in [0, 0.1) is 87.0 Å². The molecule has 0 radical (unpaired) electrons. The Balaban J connectivity index is 2.29. The molecule has 0 saturated heterocycles. The van der Waals surface area contributed by atoms with Crippen LogP contribution in [0.4, 0.5) is 57.1 Å². The van der Waals surface area contributed by atoms with Gasteiger partial charge in [-0.3, -0.25) is 0 Å². The van der Waals surface area contributed by atoms with E-state index in [1.165, 1.54) is 0 Å². The van der Waals surface area contributed by atoms with Crippen LogP contribution in [-0.2, 0) is 0 Å². The number of benzene rings is 3. The van der Waals surface area contributed by atoms with E-state index < -0.39 is 104 Å². The second-order valence-electron chi connectivity index (χ2n) is 6.09. The van der Waals surface area contributed by atoms with E-state index in [0.29, 0.717) is 0 Å². The Labute approximate surface area is 183 Å². The zero-order valence-corrected chi connectivity index (χ0v) is 15.7. The minimum atomic E-state index is -2.76. The van der Waals surface area contributed by atoms with E-state index in [-0.39, 0.29) is 0 Å². The van der Waals surface area contributed by atoms with Crippen LogP contribution in [0.25, 0.3) is 0 Å². The smallest absolute Gasteiger partial charge is 0.212 e. The summed E-state index contributed by atoms with van der Waals surface area (Å²) >= 11 is 0. The standard InChI is InChI=1S/C19F13NO2/c20-3-2(1-33)16(34-17-11(28)6(23)4(21)7(24)12(17)29)15(32)19(10(3)27)35-18-13(30)8(25)5(22)9(26)14(18)31. The van der Waals surface area contributed by atoms with Crippen molar-refractivity contribution in [1.29, 1.82) is 5.26 Å². The summed E-state index contributed by atoms with van der Waals surface area (Å²) in [5.41, 5.74) is -1.92. The van der Waals surface area contributed by atoms with Crippen molar-refractivity contribution < 1.29 is 66.5 Å². The van der Waals surface area contributed by atoms with Crippen molar-refractivity contribution in [2.45, 2.75) is 0 Å². The summed E-state index contributed by atoms with van der Waals surface area (Å²) < 4.78 is 186. The molecule has 0 unspecified atom stereocenters. The lowest BCUT2D eigenvalue weighted by Crippen LogP contribution is -2.09. The summed E-state index contributed by atoms with van der Waals surface area (Å²) in [7, 11) is 0. The average Bonchev–Trinajstić information content (AvgIpc) is 2.84. The van der Waals surface area contributed by atoms with Gasteiger partial charge in [0.2, 0.25) is 87.1 Å². The van der Waals surface area contributed by atoms with Gasteiger partial charge in [0.15, 0.2) is 11.6 Å². The highest BCUT2D eigenvalue weighted by Crippen LogP contribution is 2.43. The summed E-state index contributed by atoms with van der Waals surface area (Å²) in [5.74, 6) is -44.4. The maximum absolute atomic E-state index is 14.8. The fourth-order valence-corrected chi connectivity index (χ4v) is 2.46. The molecule has 35 heavy (non-hydrogen) atoms. The molecule has 0 bridgehead atoms. The highest BCUT2D eigenvalue weighted by molar-refractivity contribution is 5.54. The van der Waals surface area contributed by atoms with Gasteiger partial charge in [-0.05, 0) is 0 Å². The van der Waals surface area contributed by atoms with Gasteiger partial charge < -0.3 is 9.47 Å². The third kappa shape index (κ3) is 3.82. The fraction of sp³-hybridized carbons (Fsp3) is 0. The first-order valence-electron chi connectivity index (χ1n) is 8.25. The third-order valence-corrected chi connectivity index (χ3v) is 4.10. The van der Waals surface area contributed by atoms with Crippen molar-refractivity contribution in [1.82, 2.24) is 0 Å². The van der Waals surface area contributed by atoms with Crippen LogP contribution in [0.3, 0.4) is 0 Å². The summed E-state index contributed by atoms with van der Waals surface area (Å²) in [5, 5.41) is 8.89. The Hall–Kier alpha value is -4.16. The molecule has 0 saturated carbocycles. The summed E-state index contributed by atoms with van der Waals surface area (Å²) in [6.45, 7) is 0. The Morgan fingerprint density at radius 1 is 0.343 bits per heavy atom. The van der Waals surface area contributed by atoms with Gasteiger partial charge in [0.25, 0.3) is 0 Å². The van der Waals surface area contributed by atoms with Gasteiger partial charge in [0, 0.05) is 0 Å². The van der Waals surface area contributed by atoms with E-state index in [1.54, 1.807) is 0 Å². The SMILES string of the molecule is N#Cc1c(F)c(F)c(Oc2c(F)c(F)c(F)c(F)c2F)c(F)c1Oc1c(F)c(F)c(F)c(F)c1F. The molecule has 0 heterocycles. The van der Waals surface area contributed by atoms with Crippen LogP contribution in [0.1, 0.15) is 5.56 Å². The fourth-order valence-electron chi connectivity index (χ4n) is 2.46. The zero-order valence-electron chi connectivity index (χ0n) is 15.7. The summed E-state index contributed by atoms with van der Waals surface area (Å²) in [6.07, 6.45) is 0. The molecular formula is C19F13NO2. The Kier molecular flexibility index (Phi) is 6.47. The molecule has 0 aliphatic rings. The molecule has 0 amide bonds. The molecular weight excluding hydrogens is 521 g/mol. The van der Waals surface area contributed by atoms with E-state index in [0.717, 1.165) is 6.07 Å². The number of hydrogen-bond acceptors (Lipinski definition) is 3. The first kappa shape index (κ1) is 25.5. The van der Waals surface area contributed by atoms with Gasteiger partial charge >= 0.3 is 0 Å². The van der Waals surface area contributed by atoms with Crippen molar-refractivity contribution >= 4 is 0 Å². The van der Waals surface area contributed by atoms with E-state index >= 15 is 0 Å². The number of nitriles is 1. The van der Waals surface area contributed by atoms with E-state index in [1.807, 2.05) is 0 Å². The molecule has 0 atom stereocenters. The van der Waals surface area contributed by atoms with Crippen LogP contribution in [-0.4, -0.2) is 0 Å². The molecule has 0 N–H and O–H groups in total. The Bertz CT molecular complexity index is 1390. The van der Waals surface area contributed by atoms with Crippen molar-refractivity contribution in [3.05, 3.63) is 81.2 Å². The van der Waals surface area contributed by atoms with Crippen LogP contribution in [0.5, 0.6) is 23.0 Å². The Morgan fingerprint density at radius 2 is 0.600 bits per heavy atom. The number of rotatable bonds is 4. The van der Waals surface area contributed by atoms with Crippen molar-refractivity contribution in [3.63, 3.8) is 0 Å². The van der Waals surface area contributed by atoms with Gasteiger partial charge in [0.05, 0.1) is 0 Å². The Morgan fingerprint density at radius 3 is 0.943 bits per heavy atom. The minimum absolute atomic E-state index is 0.725. The summed E-state index contributed by atoms with van der Waals surface area (Å²) in [6, 6.07) is 0.725. The molecule has 0 aromatic heterocycles. The van der Waals surface area contributed by atoms with E-state index in [9.17, 15) is 57.1 Å². The maximum atomic E-state index is 14.8. The molecule has 0 spiro atoms. The van der Waals surface area contributed by atoms with Gasteiger partial charge in [-0.15, -0.1) is 0 Å². The van der Waals surface area contributed by atoms with E-state index in [4.69, 9.17) is 5.26 Å². The van der Waals surface area contributed by atoms with Crippen LogP contribution >= 0.6 is 0 Å². The van der Waals surface area contributed by atoms with Crippen LogP contribution in [0.15, 0.2) is 0 Å². The molecule has 3 rings (SSSR count). The number of nitrogens with zero attached hydrogens (tertiary/aromatic N) is 1.